The second kappa shape index (κ2) is 10.7. The van der Waals surface area contributed by atoms with Crippen LogP contribution in [0.15, 0.2) is 66.7 Å². The van der Waals surface area contributed by atoms with E-state index >= 15 is 0 Å². The lowest BCUT2D eigenvalue weighted by atomic mass is 10.1. The van der Waals surface area contributed by atoms with E-state index in [1.54, 1.807) is 6.07 Å². The van der Waals surface area contributed by atoms with Crippen LogP contribution in [0.3, 0.4) is 0 Å². The van der Waals surface area contributed by atoms with Gasteiger partial charge in [0.25, 0.3) is 11.4 Å². The number of non-ortho nitro benzene ring substituents is 2. The Kier molecular flexibility index (Phi) is 7.49. The maximum absolute atomic E-state index is 12.5. The molecule has 3 aromatic carbocycles. The van der Waals surface area contributed by atoms with E-state index in [9.17, 15) is 29.8 Å². The number of ether oxygens (including phenoxy) is 3. The van der Waals surface area contributed by atoms with Crippen LogP contribution >= 0.6 is 0 Å². The molecule has 0 saturated carbocycles. The van der Waals surface area contributed by atoms with Gasteiger partial charge >= 0.3 is 11.9 Å². The van der Waals surface area contributed by atoms with Crippen LogP contribution in [0.25, 0.3) is 0 Å². The van der Waals surface area contributed by atoms with Gasteiger partial charge in [-0.1, -0.05) is 30.3 Å². The summed E-state index contributed by atoms with van der Waals surface area (Å²) in [4.78, 5) is 45.3. The number of benzene rings is 3. The first kappa shape index (κ1) is 23.9. The van der Waals surface area contributed by atoms with Crippen molar-refractivity contribution >= 4 is 23.3 Å². The SMILES string of the molecule is COc1cccc(OC(=O)Cc2ccc([N+](=O)[O-])cc2)c1OC(=O)Cc1ccc([N+](=O)[O-])cc1. The second-order valence-corrected chi connectivity index (χ2v) is 6.94. The number of nitro benzene ring substituents is 2. The minimum Gasteiger partial charge on any atom is -0.493 e. The molecule has 34 heavy (non-hydrogen) atoms. The molecule has 0 aromatic heterocycles. The summed E-state index contributed by atoms with van der Waals surface area (Å²) >= 11 is 0. The van der Waals surface area contributed by atoms with Gasteiger partial charge in [-0.05, 0) is 23.3 Å². The van der Waals surface area contributed by atoms with Crippen molar-refractivity contribution in [2.75, 3.05) is 7.11 Å². The van der Waals surface area contributed by atoms with Gasteiger partial charge in [0, 0.05) is 24.3 Å². The minimum atomic E-state index is -0.703. The predicted molar refractivity (Wildman–Crippen MR) is 118 cm³/mol. The van der Waals surface area contributed by atoms with Crippen LogP contribution < -0.4 is 14.2 Å². The van der Waals surface area contributed by atoms with Crippen LogP contribution in [0.5, 0.6) is 17.2 Å². The zero-order valence-electron chi connectivity index (χ0n) is 17.8. The quantitative estimate of drug-likeness (QED) is 0.199. The molecule has 3 aromatic rings. The van der Waals surface area contributed by atoms with E-state index in [0.29, 0.717) is 11.1 Å². The second-order valence-electron chi connectivity index (χ2n) is 6.94. The van der Waals surface area contributed by atoms with Crippen molar-refractivity contribution in [3.8, 4) is 17.2 Å². The number of carbonyl (C=O) groups excluding carboxylic acids is 2. The molecule has 3 rings (SSSR count). The molecule has 0 N–H and O–H groups in total. The molecule has 0 heterocycles. The Labute approximate surface area is 192 Å². The highest BCUT2D eigenvalue weighted by Gasteiger charge is 2.19. The smallest absolute Gasteiger partial charge is 0.315 e. The molecule has 174 valence electrons. The van der Waals surface area contributed by atoms with E-state index < -0.39 is 21.8 Å². The Morgan fingerprint density at radius 3 is 1.59 bits per heavy atom. The zero-order chi connectivity index (χ0) is 24.7. The topological polar surface area (TPSA) is 148 Å². The van der Waals surface area contributed by atoms with E-state index in [4.69, 9.17) is 14.2 Å². The van der Waals surface area contributed by atoms with Crippen molar-refractivity contribution in [2.45, 2.75) is 12.8 Å². The first-order valence-electron chi connectivity index (χ1n) is 9.82. The number of rotatable bonds is 9. The summed E-state index contributed by atoms with van der Waals surface area (Å²) < 4.78 is 16.0. The molecule has 0 saturated heterocycles. The van der Waals surface area contributed by atoms with Crippen LogP contribution in [0.4, 0.5) is 11.4 Å². The number of hydrogen-bond acceptors (Lipinski definition) is 9. The number of methoxy groups -OCH3 is 1. The van der Waals surface area contributed by atoms with Gasteiger partial charge < -0.3 is 14.2 Å². The van der Waals surface area contributed by atoms with Gasteiger partial charge in [0.2, 0.25) is 5.75 Å². The van der Waals surface area contributed by atoms with Crippen LogP contribution in [-0.4, -0.2) is 28.9 Å². The molecule has 11 nitrogen and oxygen atoms in total. The van der Waals surface area contributed by atoms with Gasteiger partial charge in [0.15, 0.2) is 11.5 Å². The Hall–Kier alpha value is -4.80. The van der Waals surface area contributed by atoms with Gasteiger partial charge in [-0.15, -0.1) is 0 Å². The van der Waals surface area contributed by atoms with E-state index in [0.717, 1.165) is 0 Å². The molecular weight excluding hydrogens is 448 g/mol. The first-order chi connectivity index (χ1) is 16.3. The van der Waals surface area contributed by atoms with Crippen molar-refractivity contribution in [1.29, 1.82) is 0 Å². The van der Waals surface area contributed by atoms with Gasteiger partial charge in [0.05, 0.1) is 29.8 Å². The van der Waals surface area contributed by atoms with E-state index in [1.807, 2.05) is 0 Å². The number of nitro groups is 2. The number of hydrogen-bond donors (Lipinski definition) is 0. The Balaban J connectivity index is 1.71. The molecule has 0 aliphatic rings. The van der Waals surface area contributed by atoms with Gasteiger partial charge in [-0.25, -0.2) is 0 Å². The highest BCUT2D eigenvalue weighted by Crippen LogP contribution is 2.37. The third-order valence-electron chi connectivity index (χ3n) is 4.59. The lowest BCUT2D eigenvalue weighted by molar-refractivity contribution is -0.385. The average Bonchev–Trinajstić information content (AvgIpc) is 2.80. The number of carbonyl (C=O) groups is 2. The Bertz CT molecular complexity index is 1220. The molecular formula is C23H18N2O9. The fourth-order valence-corrected chi connectivity index (χ4v) is 2.95. The van der Waals surface area contributed by atoms with E-state index in [2.05, 4.69) is 0 Å². The minimum absolute atomic E-state index is 0.0525. The highest BCUT2D eigenvalue weighted by molar-refractivity contribution is 5.80. The van der Waals surface area contributed by atoms with Crippen LogP contribution in [0.2, 0.25) is 0 Å². The van der Waals surface area contributed by atoms with E-state index in [-0.39, 0.29) is 41.5 Å². The monoisotopic (exact) mass is 466 g/mol. The lowest BCUT2D eigenvalue weighted by Crippen LogP contribution is -2.15. The largest absolute Gasteiger partial charge is 0.493 e. The molecule has 0 spiro atoms. The summed E-state index contributed by atoms with van der Waals surface area (Å²) in [6, 6.07) is 15.3. The molecule has 0 atom stereocenters. The fourth-order valence-electron chi connectivity index (χ4n) is 2.95. The van der Waals surface area contributed by atoms with Gasteiger partial charge in [-0.3, -0.25) is 29.8 Å². The number of para-hydroxylation sites is 1. The maximum Gasteiger partial charge on any atom is 0.315 e. The van der Waals surface area contributed by atoms with Crippen molar-refractivity contribution < 1.29 is 33.6 Å². The third-order valence-corrected chi connectivity index (χ3v) is 4.59. The van der Waals surface area contributed by atoms with Crippen molar-refractivity contribution in [2.24, 2.45) is 0 Å². The summed E-state index contributed by atoms with van der Waals surface area (Å²) in [6.07, 6.45) is -0.363. The third kappa shape index (κ3) is 6.13. The molecule has 0 aliphatic carbocycles. The molecule has 0 aliphatic heterocycles. The van der Waals surface area contributed by atoms with Crippen molar-refractivity contribution in [3.63, 3.8) is 0 Å². The standard InChI is InChI=1S/C23H18N2O9/c1-32-19-3-2-4-20(33-21(26)13-15-5-9-17(10-6-15)24(28)29)23(19)34-22(27)14-16-7-11-18(12-8-16)25(30)31/h2-12H,13-14H2,1H3. The fraction of sp³-hybridized carbons (Fsp3) is 0.130. The predicted octanol–water partition coefficient (Wildman–Crippen LogP) is 3.81. The summed E-state index contributed by atoms with van der Waals surface area (Å²) in [5.41, 5.74) is 0.772. The number of esters is 2. The molecule has 0 unspecified atom stereocenters. The van der Waals surface area contributed by atoms with Crippen LogP contribution in [0.1, 0.15) is 11.1 Å². The van der Waals surface area contributed by atoms with Crippen molar-refractivity contribution in [3.05, 3.63) is 98.1 Å². The van der Waals surface area contributed by atoms with Crippen LogP contribution in [-0.2, 0) is 22.4 Å². The Morgan fingerprint density at radius 1 is 0.706 bits per heavy atom. The number of nitrogens with zero attached hydrogens (tertiary/aromatic N) is 2. The van der Waals surface area contributed by atoms with Gasteiger partial charge in [0.1, 0.15) is 0 Å². The summed E-state index contributed by atoms with van der Waals surface area (Å²) in [6.45, 7) is 0. The summed E-state index contributed by atoms with van der Waals surface area (Å²) in [7, 11) is 1.35. The molecule has 0 fully saturated rings. The first-order valence-corrected chi connectivity index (χ1v) is 9.82. The molecule has 0 amide bonds. The summed E-state index contributed by atoms with van der Waals surface area (Å²) in [5, 5.41) is 21.5. The van der Waals surface area contributed by atoms with Crippen LogP contribution in [0, 0.1) is 20.2 Å². The highest BCUT2D eigenvalue weighted by atomic mass is 16.6. The molecule has 11 heteroatoms. The Morgan fingerprint density at radius 2 is 1.15 bits per heavy atom. The summed E-state index contributed by atoms with van der Waals surface area (Å²) in [5.74, 6) is -1.39. The van der Waals surface area contributed by atoms with Crippen molar-refractivity contribution in [1.82, 2.24) is 0 Å². The maximum atomic E-state index is 12.5. The average molecular weight is 466 g/mol. The normalized spacial score (nSPS) is 10.3. The lowest BCUT2D eigenvalue weighted by Gasteiger charge is -2.14. The van der Waals surface area contributed by atoms with E-state index in [1.165, 1.54) is 67.8 Å². The molecule has 0 bridgehead atoms. The van der Waals surface area contributed by atoms with Gasteiger partial charge in [-0.2, -0.15) is 0 Å². The zero-order valence-corrected chi connectivity index (χ0v) is 17.8. The molecule has 0 radical (unpaired) electrons.